The number of hydrogen-bond acceptors (Lipinski definition) is 3. The normalized spacial score (nSPS) is 9.33. The van der Waals surface area contributed by atoms with Crippen molar-refractivity contribution in [2.75, 3.05) is 0 Å². The molecule has 1 aromatic heterocycles. The molecule has 0 saturated carbocycles. The lowest BCUT2D eigenvalue weighted by atomic mass is 10.4. The van der Waals surface area contributed by atoms with Gasteiger partial charge in [0.2, 0.25) is 4.74 Å². The first-order chi connectivity index (χ1) is 4.20. The van der Waals surface area contributed by atoms with E-state index >= 15 is 0 Å². The first kappa shape index (κ1) is 6.03. The van der Waals surface area contributed by atoms with Crippen LogP contribution in [0.3, 0.4) is 0 Å². The van der Waals surface area contributed by atoms with E-state index in [1.54, 1.807) is 0 Å². The molecule has 5 heteroatoms. The molecule has 0 aliphatic heterocycles. The number of nitrogens with one attached hydrogen (secondary N) is 1. The summed E-state index contributed by atoms with van der Waals surface area (Å²) < 4.78 is 2.06. The molecule has 0 fully saturated rings. The fraction of sp³-hybridized carbons (Fsp3) is 0. The highest BCUT2D eigenvalue weighted by atomic mass is 32.1. The Hall–Kier alpha value is -1.10. The van der Waals surface area contributed by atoms with Crippen LogP contribution >= 0.6 is 11.5 Å². The van der Waals surface area contributed by atoms with E-state index in [0.717, 1.165) is 17.6 Å². The predicted molar refractivity (Wildman–Crippen MR) is 31.9 cm³/mol. The van der Waals surface area contributed by atoms with E-state index < -0.39 is 5.97 Å². The second kappa shape index (κ2) is 2.02. The monoisotopic (exact) mass is 145 g/mol. The third kappa shape index (κ3) is 1.17. The van der Waals surface area contributed by atoms with Crippen molar-refractivity contribution in [1.29, 1.82) is 0 Å². The van der Waals surface area contributed by atoms with Crippen LogP contribution in [0.15, 0.2) is 10.9 Å². The second-order valence-electron chi connectivity index (χ2n) is 1.39. The van der Waals surface area contributed by atoms with Gasteiger partial charge in [-0.2, -0.15) is 0 Å². The van der Waals surface area contributed by atoms with Crippen molar-refractivity contribution < 1.29 is 9.90 Å². The fourth-order valence-electron chi connectivity index (χ4n) is 0.387. The molecule has 0 aromatic carbocycles. The largest absolute Gasteiger partial charge is 0.477 e. The van der Waals surface area contributed by atoms with Gasteiger partial charge in [0.15, 0.2) is 0 Å². The van der Waals surface area contributed by atoms with Crippen LogP contribution in [0.1, 0.15) is 10.5 Å². The van der Waals surface area contributed by atoms with Gasteiger partial charge in [-0.1, -0.05) is 0 Å². The van der Waals surface area contributed by atoms with Crippen molar-refractivity contribution >= 4 is 17.5 Å². The summed E-state index contributed by atoms with van der Waals surface area (Å²) in [6.45, 7) is 0. The van der Waals surface area contributed by atoms with Gasteiger partial charge in [0, 0.05) is 6.07 Å². The number of carboxylic acids is 1. The van der Waals surface area contributed by atoms with Crippen LogP contribution < -0.4 is 4.74 Å². The van der Waals surface area contributed by atoms with E-state index in [1.165, 1.54) is 0 Å². The minimum Gasteiger partial charge on any atom is -0.477 e. The van der Waals surface area contributed by atoms with Crippen molar-refractivity contribution in [1.82, 2.24) is 4.37 Å². The average Bonchev–Trinajstić information content (AvgIpc) is 2.14. The SMILES string of the molecule is O=C(O)c1cc(=O)s[nH]1. The fourth-order valence-corrected chi connectivity index (χ4v) is 0.921. The quantitative estimate of drug-likeness (QED) is 0.590. The maximum absolute atomic E-state index is 10.3. The molecule has 4 nitrogen and oxygen atoms in total. The molecule has 9 heavy (non-hydrogen) atoms. The number of aromatic carboxylic acids is 1. The lowest BCUT2D eigenvalue weighted by Crippen LogP contribution is -1.95. The highest BCUT2D eigenvalue weighted by molar-refractivity contribution is 7.03. The van der Waals surface area contributed by atoms with E-state index in [2.05, 4.69) is 4.37 Å². The summed E-state index contributed by atoms with van der Waals surface area (Å²) in [6, 6.07) is 1.05. The van der Waals surface area contributed by atoms with Crippen LogP contribution in [-0.4, -0.2) is 15.4 Å². The minimum atomic E-state index is -1.10. The van der Waals surface area contributed by atoms with Crippen LogP contribution in [0.4, 0.5) is 0 Å². The van der Waals surface area contributed by atoms with Crippen molar-refractivity contribution in [3.8, 4) is 0 Å². The number of aromatic amines is 1. The molecular formula is C4H3NO3S. The number of hydrogen-bond donors (Lipinski definition) is 2. The summed E-state index contributed by atoms with van der Waals surface area (Å²) in [5.41, 5.74) is -0.0509. The topological polar surface area (TPSA) is 70.2 Å². The first-order valence-corrected chi connectivity index (χ1v) is 2.93. The van der Waals surface area contributed by atoms with Gasteiger partial charge >= 0.3 is 5.97 Å². The Kier molecular flexibility index (Phi) is 1.35. The van der Waals surface area contributed by atoms with Crippen LogP contribution in [0.25, 0.3) is 0 Å². The molecule has 0 amide bonds. The van der Waals surface area contributed by atoms with Gasteiger partial charge in [-0.15, -0.1) is 0 Å². The summed E-state index contributed by atoms with van der Waals surface area (Å²) in [6.07, 6.45) is 0. The molecule has 0 spiro atoms. The van der Waals surface area contributed by atoms with E-state index in [0.29, 0.717) is 0 Å². The number of aromatic nitrogens is 1. The molecule has 0 unspecified atom stereocenters. The minimum absolute atomic E-state index is 0.0509. The lowest BCUT2D eigenvalue weighted by molar-refractivity contribution is 0.0692. The molecule has 0 radical (unpaired) electrons. The van der Waals surface area contributed by atoms with Gasteiger partial charge in [-0.25, -0.2) is 4.79 Å². The molecular weight excluding hydrogens is 142 g/mol. The van der Waals surface area contributed by atoms with E-state index in [4.69, 9.17) is 5.11 Å². The summed E-state index contributed by atoms with van der Waals surface area (Å²) in [5, 5.41) is 8.23. The molecule has 1 rings (SSSR count). The van der Waals surface area contributed by atoms with Crippen molar-refractivity contribution in [2.45, 2.75) is 0 Å². The highest BCUT2D eigenvalue weighted by Gasteiger charge is 2.03. The average molecular weight is 145 g/mol. The zero-order chi connectivity index (χ0) is 6.85. The van der Waals surface area contributed by atoms with E-state index in [-0.39, 0.29) is 10.4 Å². The number of carbonyl (C=O) groups is 1. The first-order valence-electron chi connectivity index (χ1n) is 2.12. The molecule has 48 valence electrons. The third-order valence-corrected chi connectivity index (χ3v) is 1.40. The third-order valence-electron chi connectivity index (χ3n) is 0.754. The van der Waals surface area contributed by atoms with Crippen LogP contribution in [0.5, 0.6) is 0 Å². The van der Waals surface area contributed by atoms with Crippen molar-refractivity contribution in [3.05, 3.63) is 21.3 Å². The lowest BCUT2D eigenvalue weighted by Gasteiger charge is -1.79. The van der Waals surface area contributed by atoms with Crippen LogP contribution in [0, 0.1) is 0 Å². The Labute approximate surface area is 53.9 Å². The Morgan fingerprint density at radius 1 is 1.78 bits per heavy atom. The second-order valence-corrected chi connectivity index (χ2v) is 2.20. The number of H-pyrrole nitrogens is 1. The van der Waals surface area contributed by atoms with E-state index in [1.807, 2.05) is 0 Å². The number of carboxylic acid groups (broad SMARTS) is 1. The van der Waals surface area contributed by atoms with Crippen LogP contribution in [0.2, 0.25) is 0 Å². The summed E-state index contributed by atoms with van der Waals surface area (Å²) in [5.74, 6) is -1.10. The number of rotatable bonds is 1. The molecule has 2 N–H and O–H groups in total. The van der Waals surface area contributed by atoms with Crippen LogP contribution in [-0.2, 0) is 0 Å². The molecule has 0 bridgehead atoms. The maximum Gasteiger partial charge on any atom is 0.353 e. The van der Waals surface area contributed by atoms with Gasteiger partial charge in [-0.3, -0.25) is 4.79 Å². The van der Waals surface area contributed by atoms with Crippen molar-refractivity contribution in [2.24, 2.45) is 0 Å². The van der Waals surface area contributed by atoms with Gasteiger partial charge in [0.05, 0.1) is 0 Å². The molecule has 0 aliphatic carbocycles. The summed E-state index contributed by atoms with van der Waals surface area (Å²) >= 11 is 0.771. The standard InChI is InChI=1S/C4H3NO3S/c6-3-1-2(4(7)8)5-9-3/h1,5H,(H,7,8). The summed E-state index contributed by atoms with van der Waals surface area (Å²) in [7, 11) is 0. The molecule has 1 heterocycles. The molecule has 0 atom stereocenters. The van der Waals surface area contributed by atoms with Gasteiger partial charge in [0.25, 0.3) is 0 Å². The van der Waals surface area contributed by atoms with Gasteiger partial charge in [0.1, 0.15) is 5.69 Å². The zero-order valence-corrected chi connectivity index (χ0v) is 5.07. The Bertz CT molecular complexity index is 273. The Morgan fingerprint density at radius 3 is 2.67 bits per heavy atom. The zero-order valence-electron chi connectivity index (χ0n) is 4.25. The molecule has 0 saturated heterocycles. The van der Waals surface area contributed by atoms with Gasteiger partial charge < -0.3 is 9.48 Å². The van der Waals surface area contributed by atoms with E-state index in [9.17, 15) is 9.59 Å². The predicted octanol–water partition coefficient (Wildman–Crippen LogP) is 0.135. The molecule has 0 aliphatic rings. The molecule has 1 aromatic rings. The summed E-state index contributed by atoms with van der Waals surface area (Å²) in [4.78, 5) is 20.4. The van der Waals surface area contributed by atoms with Gasteiger partial charge in [-0.05, 0) is 11.5 Å². The smallest absolute Gasteiger partial charge is 0.353 e. The highest BCUT2D eigenvalue weighted by Crippen LogP contribution is 1.90. The maximum atomic E-state index is 10.3. The Morgan fingerprint density at radius 2 is 2.44 bits per heavy atom. The Balaban J connectivity index is 3.12. The van der Waals surface area contributed by atoms with Crippen molar-refractivity contribution in [3.63, 3.8) is 0 Å².